The number of aromatic nitrogens is 2. The Kier molecular flexibility index (Phi) is 4.29. The van der Waals surface area contributed by atoms with Crippen LogP contribution in [0.4, 0.5) is 10.2 Å². The molecule has 0 N–H and O–H groups in total. The summed E-state index contributed by atoms with van der Waals surface area (Å²) in [7, 11) is 0. The van der Waals surface area contributed by atoms with Crippen LogP contribution < -0.4 is 4.90 Å². The van der Waals surface area contributed by atoms with E-state index in [2.05, 4.69) is 9.97 Å². The van der Waals surface area contributed by atoms with Crippen molar-refractivity contribution in [1.82, 2.24) is 9.97 Å². The van der Waals surface area contributed by atoms with Gasteiger partial charge in [-0.1, -0.05) is 0 Å². The maximum absolute atomic E-state index is 14.1. The highest BCUT2D eigenvalue weighted by atomic mass is 19.1. The van der Waals surface area contributed by atoms with Gasteiger partial charge in [0, 0.05) is 6.54 Å². The van der Waals surface area contributed by atoms with Crippen molar-refractivity contribution in [3.05, 3.63) is 17.8 Å². The van der Waals surface area contributed by atoms with Gasteiger partial charge in [-0.25, -0.2) is 19.2 Å². The first-order valence-electron chi connectivity index (χ1n) is 6.55. The molecule has 1 atom stereocenters. The zero-order valence-corrected chi connectivity index (χ0v) is 11.2. The van der Waals surface area contributed by atoms with Gasteiger partial charge in [-0.3, -0.25) is 0 Å². The number of hydrogen-bond donors (Lipinski definition) is 0. The molecule has 6 heteroatoms. The maximum atomic E-state index is 14.1. The van der Waals surface area contributed by atoms with Crippen LogP contribution in [0.1, 0.15) is 31.9 Å². The summed E-state index contributed by atoms with van der Waals surface area (Å²) in [5.41, 5.74) is 0.290. The lowest BCUT2D eigenvalue weighted by Gasteiger charge is -2.34. The molecule has 0 bridgehead atoms. The number of aryl methyl sites for hydroxylation is 1. The highest BCUT2D eigenvalue weighted by Crippen LogP contribution is 2.26. The third-order valence-corrected chi connectivity index (χ3v) is 3.28. The van der Waals surface area contributed by atoms with E-state index in [1.807, 2.05) is 0 Å². The number of halogens is 1. The average Bonchev–Trinajstić information content (AvgIpc) is 2.42. The van der Waals surface area contributed by atoms with Gasteiger partial charge in [0.25, 0.3) is 0 Å². The van der Waals surface area contributed by atoms with Crippen LogP contribution in [-0.2, 0) is 9.53 Å². The first-order valence-corrected chi connectivity index (χ1v) is 6.55. The molecule has 1 saturated heterocycles. The van der Waals surface area contributed by atoms with Crippen molar-refractivity contribution in [2.45, 2.75) is 39.2 Å². The fourth-order valence-corrected chi connectivity index (χ4v) is 2.31. The number of hydrogen-bond acceptors (Lipinski definition) is 5. The zero-order chi connectivity index (χ0) is 13.8. The molecule has 0 aliphatic carbocycles. The molecular formula is C13H18FN3O2. The highest BCUT2D eigenvalue weighted by Gasteiger charge is 2.32. The molecule has 19 heavy (non-hydrogen) atoms. The van der Waals surface area contributed by atoms with Crippen molar-refractivity contribution in [3.63, 3.8) is 0 Å². The molecule has 5 nitrogen and oxygen atoms in total. The first-order chi connectivity index (χ1) is 9.15. The quantitative estimate of drug-likeness (QED) is 0.782. The lowest BCUT2D eigenvalue weighted by atomic mass is 10.0. The second-order valence-corrected chi connectivity index (χ2v) is 4.55. The summed E-state index contributed by atoms with van der Waals surface area (Å²) in [5.74, 6) is -0.568. The Labute approximate surface area is 111 Å². The molecule has 0 amide bonds. The van der Waals surface area contributed by atoms with E-state index in [4.69, 9.17) is 4.74 Å². The normalized spacial score (nSPS) is 19.3. The molecule has 0 saturated carbocycles. The summed E-state index contributed by atoms with van der Waals surface area (Å²) in [6.07, 6.45) is 3.84. The number of carbonyl (C=O) groups excluding carboxylic acids is 1. The highest BCUT2D eigenvalue weighted by molar-refractivity contribution is 5.80. The monoisotopic (exact) mass is 267 g/mol. The van der Waals surface area contributed by atoms with E-state index >= 15 is 0 Å². The van der Waals surface area contributed by atoms with Crippen molar-refractivity contribution in [2.75, 3.05) is 18.1 Å². The van der Waals surface area contributed by atoms with Crippen molar-refractivity contribution >= 4 is 11.8 Å². The van der Waals surface area contributed by atoms with Gasteiger partial charge in [-0.05, 0) is 33.1 Å². The minimum absolute atomic E-state index is 0.199. The van der Waals surface area contributed by atoms with E-state index in [0.29, 0.717) is 19.6 Å². The largest absolute Gasteiger partial charge is 0.464 e. The molecule has 2 heterocycles. The smallest absolute Gasteiger partial charge is 0.328 e. The van der Waals surface area contributed by atoms with E-state index in [0.717, 1.165) is 12.8 Å². The average molecular weight is 267 g/mol. The van der Waals surface area contributed by atoms with E-state index in [1.54, 1.807) is 18.7 Å². The van der Waals surface area contributed by atoms with Crippen LogP contribution in [0.3, 0.4) is 0 Å². The molecule has 1 aliphatic heterocycles. The van der Waals surface area contributed by atoms with Crippen LogP contribution in [0.25, 0.3) is 0 Å². The van der Waals surface area contributed by atoms with Crippen LogP contribution in [0.15, 0.2) is 6.33 Å². The molecule has 2 rings (SSSR count). The first kappa shape index (κ1) is 13.7. The van der Waals surface area contributed by atoms with Crippen molar-refractivity contribution in [3.8, 4) is 0 Å². The Balaban J connectivity index is 2.29. The molecule has 1 aromatic rings. The predicted molar refractivity (Wildman–Crippen MR) is 68.3 cm³/mol. The zero-order valence-electron chi connectivity index (χ0n) is 11.2. The fourth-order valence-electron chi connectivity index (χ4n) is 2.31. The Morgan fingerprint density at radius 1 is 1.53 bits per heavy atom. The number of rotatable bonds is 3. The van der Waals surface area contributed by atoms with Gasteiger partial charge in [-0.2, -0.15) is 0 Å². The third-order valence-electron chi connectivity index (χ3n) is 3.28. The van der Waals surface area contributed by atoms with E-state index in [-0.39, 0.29) is 17.5 Å². The van der Waals surface area contributed by atoms with Crippen LogP contribution in [0.5, 0.6) is 0 Å². The second kappa shape index (κ2) is 5.95. The molecule has 0 spiro atoms. The van der Waals surface area contributed by atoms with Crippen LogP contribution in [0.2, 0.25) is 0 Å². The number of carbonyl (C=O) groups is 1. The van der Waals surface area contributed by atoms with Gasteiger partial charge in [0.05, 0.1) is 12.3 Å². The third kappa shape index (κ3) is 2.83. The molecule has 104 valence electrons. The van der Waals surface area contributed by atoms with E-state index in [9.17, 15) is 9.18 Å². The van der Waals surface area contributed by atoms with Gasteiger partial charge in [0.15, 0.2) is 11.6 Å². The summed E-state index contributed by atoms with van der Waals surface area (Å²) >= 11 is 0. The fraction of sp³-hybridized carbons (Fsp3) is 0.615. The van der Waals surface area contributed by atoms with Crippen LogP contribution in [-0.4, -0.2) is 35.1 Å². The summed E-state index contributed by atoms with van der Waals surface area (Å²) < 4.78 is 19.1. The molecule has 1 unspecified atom stereocenters. The lowest BCUT2D eigenvalue weighted by Crippen LogP contribution is -2.46. The number of nitrogens with zero attached hydrogens (tertiary/aromatic N) is 3. The minimum atomic E-state index is -0.460. The summed E-state index contributed by atoms with van der Waals surface area (Å²) in [4.78, 5) is 21.4. The Hall–Kier alpha value is -1.72. The van der Waals surface area contributed by atoms with Crippen molar-refractivity contribution < 1.29 is 13.9 Å². The van der Waals surface area contributed by atoms with Crippen molar-refractivity contribution in [2.24, 2.45) is 0 Å². The molecule has 0 aromatic carbocycles. The Morgan fingerprint density at radius 3 is 3.05 bits per heavy atom. The topological polar surface area (TPSA) is 55.3 Å². The van der Waals surface area contributed by atoms with Gasteiger partial charge in [0.1, 0.15) is 12.4 Å². The van der Waals surface area contributed by atoms with E-state index < -0.39 is 11.9 Å². The summed E-state index contributed by atoms with van der Waals surface area (Å²) in [5, 5.41) is 0. The molecule has 1 aromatic heterocycles. The summed E-state index contributed by atoms with van der Waals surface area (Å²) in [6.45, 7) is 4.29. The van der Waals surface area contributed by atoms with Gasteiger partial charge >= 0.3 is 5.97 Å². The molecule has 1 fully saturated rings. The molecule has 1 aliphatic rings. The van der Waals surface area contributed by atoms with Crippen molar-refractivity contribution in [1.29, 1.82) is 0 Å². The van der Waals surface area contributed by atoms with Crippen LogP contribution in [0, 0.1) is 12.7 Å². The number of piperidine rings is 1. The second-order valence-electron chi connectivity index (χ2n) is 4.55. The molecular weight excluding hydrogens is 249 g/mol. The number of esters is 1. The SMILES string of the molecule is CCOC(=O)C1CCCCN1c1ncnc(C)c1F. The molecule has 0 radical (unpaired) electrons. The van der Waals surface area contributed by atoms with Gasteiger partial charge in [-0.15, -0.1) is 0 Å². The number of anilines is 1. The van der Waals surface area contributed by atoms with E-state index in [1.165, 1.54) is 6.33 Å². The predicted octanol–water partition coefficient (Wildman–Crippen LogP) is 1.85. The summed E-state index contributed by atoms with van der Waals surface area (Å²) in [6, 6.07) is -0.447. The van der Waals surface area contributed by atoms with Gasteiger partial charge in [0.2, 0.25) is 0 Å². The maximum Gasteiger partial charge on any atom is 0.328 e. The minimum Gasteiger partial charge on any atom is -0.464 e. The van der Waals surface area contributed by atoms with Crippen LogP contribution >= 0.6 is 0 Å². The van der Waals surface area contributed by atoms with Gasteiger partial charge < -0.3 is 9.64 Å². The Bertz CT molecular complexity index is 467. The Morgan fingerprint density at radius 2 is 2.32 bits per heavy atom. The number of ether oxygens (including phenoxy) is 1. The lowest BCUT2D eigenvalue weighted by molar-refractivity contribution is -0.145. The standard InChI is InChI=1S/C13H18FN3O2/c1-3-19-13(18)10-6-4-5-7-17(10)12-11(14)9(2)15-8-16-12/h8,10H,3-7H2,1-2H3.